The van der Waals surface area contributed by atoms with Crippen molar-refractivity contribution >= 4 is 11.9 Å². The first kappa shape index (κ1) is 11.7. The van der Waals surface area contributed by atoms with Crippen LogP contribution < -0.4 is 0 Å². The Labute approximate surface area is 90.7 Å². The molecule has 1 aromatic carbocycles. The van der Waals surface area contributed by atoms with Crippen LogP contribution >= 0.6 is 0 Å². The second-order valence-corrected chi connectivity index (χ2v) is 2.71. The highest BCUT2D eigenvalue weighted by Crippen LogP contribution is 2.12. The van der Waals surface area contributed by atoms with Crippen molar-refractivity contribution in [3.63, 3.8) is 0 Å². The van der Waals surface area contributed by atoms with Crippen LogP contribution in [0.15, 0.2) is 18.2 Å². The van der Waals surface area contributed by atoms with Crippen LogP contribution in [0.5, 0.6) is 0 Å². The van der Waals surface area contributed by atoms with E-state index in [-0.39, 0.29) is 5.56 Å². The lowest BCUT2D eigenvalue weighted by Crippen LogP contribution is -2.04. The largest absolute Gasteiger partial charge is 0.478 e. The van der Waals surface area contributed by atoms with E-state index in [0.717, 1.165) is 13.2 Å². The monoisotopic (exact) mass is 222 g/mol. The highest BCUT2D eigenvalue weighted by Gasteiger charge is 2.14. The van der Waals surface area contributed by atoms with Crippen LogP contribution in [0.1, 0.15) is 15.9 Å². The lowest BCUT2D eigenvalue weighted by Gasteiger charge is -1.99. The number of aromatic carboxylic acids is 1. The summed E-state index contributed by atoms with van der Waals surface area (Å²) in [5, 5.41) is 8.74. The van der Waals surface area contributed by atoms with Crippen molar-refractivity contribution in [1.82, 2.24) is 0 Å². The fraction of sp³-hybridized carbons (Fsp3) is 0.0909. The first-order valence-electron chi connectivity index (χ1n) is 4.18. The predicted octanol–water partition coefficient (Wildman–Crippen LogP) is 1.05. The molecule has 82 valence electrons. The van der Waals surface area contributed by atoms with E-state index in [2.05, 4.69) is 10.7 Å². The van der Waals surface area contributed by atoms with Gasteiger partial charge in [0.1, 0.15) is 11.4 Å². The molecule has 1 aromatic rings. The van der Waals surface area contributed by atoms with E-state index >= 15 is 0 Å². The maximum atomic E-state index is 13.1. The molecule has 0 bridgehead atoms. The van der Waals surface area contributed by atoms with Crippen molar-refractivity contribution in [2.75, 3.05) is 7.11 Å². The van der Waals surface area contributed by atoms with E-state index in [1.54, 1.807) is 0 Å². The molecular formula is C11H7FO4. The van der Waals surface area contributed by atoms with E-state index in [1.807, 2.05) is 5.92 Å². The van der Waals surface area contributed by atoms with Gasteiger partial charge in [0, 0.05) is 11.5 Å². The molecule has 0 radical (unpaired) electrons. The number of hydrogen-bond acceptors (Lipinski definition) is 3. The van der Waals surface area contributed by atoms with Gasteiger partial charge in [-0.3, -0.25) is 0 Å². The molecule has 4 nitrogen and oxygen atoms in total. The summed E-state index contributed by atoms with van der Waals surface area (Å²) in [6.45, 7) is 0. The highest BCUT2D eigenvalue weighted by atomic mass is 19.1. The SMILES string of the molecule is COC(=O)C#Cc1cccc(F)c1C(=O)O. The number of halogens is 1. The minimum absolute atomic E-state index is 0.0714. The van der Waals surface area contributed by atoms with Crippen molar-refractivity contribution in [3.05, 3.63) is 35.1 Å². The number of carbonyl (C=O) groups excluding carboxylic acids is 1. The van der Waals surface area contributed by atoms with Crippen molar-refractivity contribution < 1.29 is 23.8 Å². The Morgan fingerprint density at radius 2 is 2.12 bits per heavy atom. The van der Waals surface area contributed by atoms with Gasteiger partial charge in [-0.1, -0.05) is 12.0 Å². The average Bonchev–Trinajstić information content (AvgIpc) is 2.25. The molecule has 0 heterocycles. The van der Waals surface area contributed by atoms with Gasteiger partial charge in [-0.25, -0.2) is 14.0 Å². The molecule has 0 saturated heterocycles. The lowest BCUT2D eigenvalue weighted by atomic mass is 10.1. The molecule has 1 N–H and O–H groups in total. The summed E-state index contributed by atoms with van der Waals surface area (Å²) in [5.74, 6) is 1.12. The zero-order chi connectivity index (χ0) is 12.1. The lowest BCUT2D eigenvalue weighted by molar-refractivity contribution is -0.133. The molecule has 16 heavy (non-hydrogen) atoms. The van der Waals surface area contributed by atoms with Gasteiger partial charge >= 0.3 is 11.9 Å². The molecule has 0 amide bonds. The van der Waals surface area contributed by atoms with Gasteiger partial charge in [0.05, 0.1) is 7.11 Å². The molecule has 0 saturated carbocycles. The zero-order valence-corrected chi connectivity index (χ0v) is 8.28. The number of carboxylic acids is 1. The molecule has 0 aliphatic heterocycles. The summed E-state index contributed by atoms with van der Waals surface area (Å²) < 4.78 is 17.4. The standard InChI is InChI=1S/C11H7FO4/c1-16-9(13)6-5-7-3-2-4-8(12)10(7)11(14)15/h2-4H,1H3,(H,14,15). The van der Waals surface area contributed by atoms with Crippen molar-refractivity contribution in [2.45, 2.75) is 0 Å². The smallest absolute Gasteiger partial charge is 0.384 e. The molecular weight excluding hydrogens is 215 g/mol. The van der Waals surface area contributed by atoms with Gasteiger partial charge < -0.3 is 9.84 Å². The number of carbonyl (C=O) groups is 2. The molecule has 0 aromatic heterocycles. The summed E-state index contributed by atoms with van der Waals surface area (Å²) in [7, 11) is 1.14. The van der Waals surface area contributed by atoms with Crippen LogP contribution in [0, 0.1) is 17.7 Å². The van der Waals surface area contributed by atoms with Crippen LogP contribution in [0.2, 0.25) is 0 Å². The van der Waals surface area contributed by atoms with Gasteiger partial charge in [-0.2, -0.15) is 0 Å². The van der Waals surface area contributed by atoms with Crippen molar-refractivity contribution in [2.24, 2.45) is 0 Å². The third kappa shape index (κ3) is 2.58. The quantitative estimate of drug-likeness (QED) is 0.569. The second kappa shape index (κ2) is 4.94. The number of ether oxygens (including phenoxy) is 1. The Balaban J connectivity index is 3.22. The molecule has 0 aliphatic carbocycles. The van der Waals surface area contributed by atoms with E-state index in [1.165, 1.54) is 12.1 Å². The summed E-state index contributed by atoms with van der Waals surface area (Å²) in [4.78, 5) is 21.4. The maximum absolute atomic E-state index is 13.1. The molecule has 1 rings (SSSR count). The minimum Gasteiger partial charge on any atom is -0.478 e. The normalized spacial score (nSPS) is 8.88. The van der Waals surface area contributed by atoms with Crippen LogP contribution in [0.25, 0.3) is 0 Å². The molecule has 5 heteroatoms. The van der Waals surface area contributed by atoms with E-state index in [4.69, 9.17) is 5.11 Å². The predicted molar refractivity (Wildman–Crippen MR) is 52.3 cm³/mol. The number of benzene rings is 1. The number of rotatable bonds is 1. The topological polar surface area (TPSA) is 63.6 Å². The Morgan fingerprint density at radius 1 is 1.44 bits per heavy atom. The Kier molecular flexibility index (Phi) is 3.62. The van der Waals surface area contributed by atoms with Crippen LogP contribution in [0.3, 0.4) is 0 Å². The number of hydrogen-bond donors (Lipinski definition) is 1. The molecule has 0 aliphatic rings. The highest BCUT2D eigenvalue weighted by molar-refractivity contribution is 5.93. The third-order valence-electron chi connectivity index (χ3n) is 1.71. The average molecular weight is 222 g/mol. The van der Waals surface area contributed by atoms with Crippen molar-refractivity contribution in [1.29, 1.82) is 0 Å². The van der Waals surface area contributed by atoms with E-state index in [9.17, 15) is 14.0 Å². The maximum Gasteiger partial charge on any atom is 0.384 e. The van der Waals surface area contributed by atoms with E-state index in [0.29, 0.717) is 0 Å². The number of carboxylic acid groups (broad SMARTS) is 1. The summed E-state index contributed by atoms with van der Waals surface area (Å²) in [6.07, 6.45) is 0. The Bertz CT molecular complexity index is 496. The summed E-state index contributed by atoms with van der Waals surface area (Å²) in [6, 6.07) is 3.62. The summed E-state index contributed by atoms with van der Waals surface area (Å²) in [5.41, 5.74) is -0.628. The van der Waals surface area contributed by atoms with Gasteiger partial charge in [0.15, 0.2) is 0 Å². The van der Waals surface area contributed by atoms with Crippen molar-refractivity contribution in [3.8, 4) is 11.8 Å². The van der Waals surface area contributed by atoms with Gasteiger partial charge in [0.25, 0.3) is 0 Å². The van der Waals surface area contributed by atoms with E-state index < -0.39 is 23.3 Å². The minimum atomic E-state index is -1.44. The van der Waals surface area contributed by atoms with Gasteiger partial charge in [0.2, 0.25) is 0 Å². The number of methoxy groups -OCH3 is 1. The van der Waals surface area contributed by atoms with Gasteiger partial charge in [-0.15, -0.1) is 0 Å². The second-order valence-electron chi connectivity index (χ2n) is 2.71. The zero-order valence-electron chi connectivity index (χ0n) is 8.28. The van der Waals surface area contributed by atoms with Gasteiger partial charge in [-0.05, 0) is 12.1 Å². The third-order valence-corrected chi connectivity index (χ3v) is 1.71. The first-order valence-corrected chi connectivity index (χ1v) is 4.18. The number of esters is 1. The molecule has 0 atom stereocenters. The molecule has 0 fully saturated rings. The fourth-order valence-electron chi connectivity index (χ4n) is 1.02. The summed E-state index contributed by atoms with van der Waals surface area (Å²) >= 11 is 0. The first-order chi connectivity index (χ1) is 7.56. The van der Waals surface area contributed by atoms with Crippen LogP contribution in [0.4, 0.5) is 4.39 Å². The molecule has 0 spiro atoms. The van der Waals surface area contributed by atoms with Crippen LogP contribution in [-0.4, -0.2) is 24.2 Å². The molecule has 0 unspecified atom stereocenters. The fourth-order valence-corrected chi connectivity index (χ4v) is 1.02. The Hall–Kier alpha value is -2.35. The Morgan fingerprint density at radius 3 is 2.69 bits per heavy atom. The van der Waals surface area contributed by atoms with Crippen LogP contribution in [-0.2, 0) is 9.53 Å².